The van der Waals surface area contributed by atoms with Crippen LogP contribution in [0.3, 0.4) is 0 Å². The van der Waals surface area contributed by atoms with E-state index in [0.717, 1.165) is 52.2 Å². The van der Waals surface area contributed by atoms with Crippen LogP contribution in [0.1, 0.15) is 87.5 Å². The molecule has 0 radical (unpaired) electrons. The van der Waals surface area contributed by atoms with Gasteiger partial charge in [0.15, 0.2) is 0 Å². The van der Waals surface area contributed by atoms with Gasteiger partial charge in [0.2, 0.25) is 0 Å². The van der Waals surface area contributed by atoms with Gasteiger partial charge in [-0.3, -0.25) is 0 Å². The summed E-state index contributed by atoms with van der Waals surface area (Å²) in [6.07, 6.45) is 0. The quantitative estimate of drug-likeness (QED) is 0.0920. The van der Waals surface area contributed by atoms with E-state index in [2.05, 4.69) is 11.1 Å². The van der Waals surface area contributed by atoms with E-state index >= 15 is 0 Å². The molecule has 0 saturated carbocycles. The second-order valence-electron chi connectivity index (χ2n) is 9.59. The predicted octanol–water partition coefficient (Wildman–Crippen LogP) is 11.4. The van der Waals surface area contributed by atoms with Crippen LogP contribution in [0.2, 0.25) is 0 Å². The van der Waals surface area contributed by atoms with Crippen LogP contribution in [-0.4, -0.2) is 67.8 Å². The van der Waals surface area contributed by atoms with Crippen molar-refractivity contribution in [1.29, 1.82) is 0 Å². The number of rotatable bonds is 3. The van der Waals surface area contributed by atoms with Crippen molar-refractivity contribution in [2.24, 2.45) is 0 Å². The molecule has 0 unspecified atom stereocenters. The standard InChI is InChI=1S/C17H11NO2.C11H8O2.C7H6O3.3C2H6.2CH4O.2CH4/c19-17(20)11-6-7-12-10(9-11)5-8-14-13-3-1-2-4-15(13)18-16(12)14;12-11(13)10-6-5-8-3-1-2-4-9(8)7-10;8-6-4-2-1-3-5(6)7(9)10;5*1-2;;/h1-9,18H,(H,19,20);1-7H,(H,12,13);1-4,8H,(H,9,10);3*1-2H3;2*2H,1H3;2*1H4. The number of nitrogens with one attached hydrogen (secondary N) is 1. The molecule has 0 atom stereocenters. The van der Waals surface area contributed by atoms with Gasteiger partial charge in [-0.25, -0.2) is 14.4 Å². The van der Waals surface area contributed by atoms with E-state index in [4.69, 9.17) is 30.6 Å². The summed E-state index contributed by atoms with van der Waals surface area (Å²) in [7, 11) is 2.00. The first-order valence-corrected chi connectivity index (χ1v) is 17.0. The lowest BCUT2D eigenvalue weighted by Crippen LogP contribution is -1.95. The third kappa shape index (κ3) is 15.0. The minimum Gasteiger partial charge on any atom is -0.507 e. The van der Waals surface area contributed by atoms with Gasteiger partial charge in [-0.05, 0) is 58.6 Å². The maximum absolute atomic E-state index is 11.0. The highest BCUT2D eigenvalue weighted by molar-refractivity contribution is 6.17. The van der Waals surface area contributed by atoms with E-state index in [-0.39, 0.29) is 26.2 Å². The minimum atomic E-state index is -1.11. The molecule has 0 bridgehead atoms. The number of aliphatic hydroxyl groups excluding tert-OH is 2. The number of carboxylic acids is 3. The molecule has 10 heteroatoms. The molecule has 0 aliphatic carbocycles. The van der Waals surface area contributed by atoms with Crippen LogP contribution in [0, 0.1) is 0 Å². The summed E-state index contributed by atoms with van der Waals surface area (Å²) in [5.74, 6) is -3.09. The number of H-pyrrole nitrogens is 1. The molecule has 7 N–H and O–H groups in total. The highest BCUT2D eigenvalue weighted by atomic mass is 16.4. The Balaban J connectivity index is -0.000000680. The van der Waals surface area contributed by atoms with Crippen LogP contribution in [0.25, 0.3) is 43.4 Å². The summed E-state index contributed by atoms with van der Waals surface area (Å²) in [6.45, 7) is 12.0. The number of benzene rings is 6. The van der Waals surface area contributed by atoms with Gasteiger partial charge >= 0.3 is 17.9 Å². The first kappa shape index (κ1) is 53.1. The monoisotopic (exact) mass is 757 g/mol. The van der Waals surface area contributed by atoms with Crippen molar-refractivity contribution >= 4 is 61.3 Å². The number of carboxylic acid groups (broad SMARTS) is 3. The van der Waals surface area contributed by atoms with Crippen molar-refractivity contribution in [2.75, 3.05) is 14.2 Å². The maximum atomic E-state index is 11.0. The molecule has 1 aromatic heterocycles. The number of aromatic amines is 1. The average molecular weight is 758 g/mol. The van der Waals surface area contributed by atoms with Gasteiger partial charge in [0.25, 0.3) is 0 Å². The normalized spacial score (nSPS) is 8.76. The van der Waals surface area contributed by atoms with Gasteiger partial charge in [0.05, 0.1) is 16.6 Å². The Labute approximate surface area is 325 Å². The van der Waals surface area contributed by atoms with E-state index in [1.54, 1.807) is 36.4 Å². The molecule has 10 nitrogen and oxygen atoms in total. The largest absolute Gasteiger partial charge is 0.507 e. The molecule has 0 aliphatic heterocycles. The zero-order chi connectivity index (χ0) is 40.5. The van der Waals surface area contributed by atoms with Gasteiger partial charge in [-0.15, -0.1) is 0 Å². The van der Waals surface area contributed by atoms with Crippen LogP contribution in [0.15, 0.2) is 121 Å². The molecular weight excluding hydrogens is 698 g/mol. The number of aliphatic hydroxyl groups is 2. The first-order chi connectivity index (χ1) is 25.7. The highest BCUT2D eigenvalue weighted by Gasteiger charge is 2.10. The molecule has 0 saturated heterocycles. The number of para-hydroxylation sites is 2. The summed E-state index contributed by atoms with van der Waals surface area (Å²) < 4.78 is 0. The average Bonchev–Trinajstić information content (AvgIpc) is 3.61. The lowest BCUT2D eigenvalue weighted by Gasteiger charge is -2.01. The van der Waals surface area contributed by atoms with Crippen molar-refractivity contribution in [2.45, 2.75) is 56.4 Å². The van der Waals surface area contributed by atoms with E-state index in [1.807, 2.05) is 108 Å². The van der Waals surface area contributed by atoms with Crippen LogP contribution < -0.4 is 0 Å². The fourth-order valence-corrected chi connectivity index (χ4v) is 4.76. The fraction of sp³-hybridized carbons (Fsp3) is 0.222. The van der Waals surface area contributed by atoms with Crippen molar-refractivity contribution in [1.82, 2.24) is 4.98 Å². The van der Waals surface area contributed by atoms with E-state index in [1.165, 1.54) is 17.5 Å². The smallest absolute Gasteiger partial charge is 0.339 e. The molecule has 0 aliphatic rings. The summed E-state index contributed by atoms with van der Waals surface area (Å²) in [6, 6.07) is 36.0. The third-order valence-corrected chi connectivity index (χ3v) is 6.87. The van der Waals surface area contributed by atoms with Crippen LogP contribution in [0.4, 0.5) is 0 Å². The fourth-order valence-electron chi connectivity index (χ4n) is 4.76. The summed E-state index contributed by atoms with van der Waals surface area (Å²) >= 11 is 0. The van der Waals surface area contributed by atoms with Gasteiger partial charge in [0.1, 0.15) is 11.3 Å². The number of carbonyl (C=O) groups is 3. The maximum Gasteiger partial charge on any atom is 0.339 e. The molecule has 0 spiro atoms. The summed E-state index contributed by atoms with van der Waals surface area (Å²) in [4.78, 5) is 35.4. The van der Waals surface area contributed by atoms with E-state index in [9.17, 15) is 14.4 Å². The third-order valence-electron chi connectivity index (χ3n) is 6.87. The van der Waals surface area contributed by atoms with Crippen molar-refractivity contribution in [3.05, 3.63) is 138 Å². The summed E-state index contributed by atoms with van der Waals surface area (Å²) in [5.41, 5.74) is 2.73. The number of hydrogen-bond acceptors (Lipinski definition) is 6. The number of aromatic nitrogens is 1. The molecule has 7 rings (SSSR count). The van der Waals surface area contributed by atoms with Crippen LogP contribution in [0.5, 0.6) is 5.75 Å². The number of phenols is 1. The second kappa shape index (κ2) is 29.2. The molecule has 1 heterocycles. The summed E-state index contributed by atoms with van der Waals surface area (Å²) in [5, 5.41) is 55.5. The van der Waals surface area contributed by atoms with Crippen molar-refractivity contribution in [3.63, 3.8) is 0 Å². The van der Waals surface area contributed by atoms with Crippen LogP contribution in [-0.2, 0) is 0 Å². The lowest BCUT2D eigenvalue weighted by atomic mass is 10.0. The molecule has 6 aromatic carbocycles. The lowest BCUT2D eigenvalue weighted by molar-refractivity contribution is 0.0683. The Bertz CT molecular complexity index is 2150. The highest BCUT2D eigenvalue weighted by Crippen LogP contribution is 2.31. The van der Waals surface area contributed by atoms with Gasteiger partial charge in [-0.1, -0.05) is 135 Å². The molecule has 298 valence electrons. The molecule has 55 heavy (non-hydrogen) atoms. The minimum absolute atomic E-state index is 0. The van der Waals surface area contributed by atoms with Crippen molar-refractivity contribution in [3.8, 4) is 5.75 Å². The Hall–Kier alpha value is -6.23. The SMILES string of the molecule is C.C.CC.CC.CC.CO.CO.O=C(O)c1ccc2c(ccc3c4ccccc4[nH]c23)c1.O=C(O)c1ccc2ccccc2c1.O=C(O)c1ccccc1O. The molecular formula is C45H59NO9. The predicted molar refractivity (Wildman–Crippen MR) is 230 cm³/mol. The second-order valence-corrected chi connectivity index (χ2v) is 9.59. The zero-order valence-electron chi connectivity index (χ0n) is 31.5. The van der Waals surface area contributed by atoms with E-state index < -0.39 is 17.9 Å². The molecule has 0 amide bonds. The van der Waals surface area contributed by atoms with Gasteiger partial charge < -0.3 is 35.6 Å². The van der Waals surface area contributed by atoms with Crippen LogP contribution >= 0.6 is 0 Å². The first-order valence-electron chi connectivity index (χ1n) is 17.0. The zero-order valence-corrected chi connectivity index (χ0v) is 31.5. The number of aromatic carboxylic acids is 3. The Kier molecular flexibility index (Phi) is 28.3. The Morgan fingerprint density at radius 1 is 0.455 bits per heavy atom. The Morgan fingerprint density at radius 2 is 0.891 bits per heavy atom. The Morgan fingerprint density at radius 3 is 1.42 bits per heavy atom. The van der Waals surface area contributed by atoms with E-state index in [0.29, 0.717) is 11.1 Å². The number of aromatic hydroxyl groups is 1. The van der Waals surface area contributed by atoms with Crippen molar-refractivity contribution < 1.29 is 45.0 Å². The molecule has 7 aromatic rings. The number of fused-ring (bicyclic) bond motifs is 6. The number of hydrogen-bond donors (Lipinski definition) is 7. The molecule has 0 fully saturated rings. The van der Waals surface area contributed by atoms with Gasteiger partial charge in [0, 0.05) is 35.9 Å². The topological polar surface area (TPSA) is 188 Å². The van der Waals surface area contributed by atoms with Gasteiger partial charge in [-0.2, -0.15) is 0 Å².